The summed E-state index contributed by atoms with van der Waals surface area (Å²) in [6, 6.07) is 21.5. The number of ether oxygens (including phenoxy) is 1. The number of hydrogen-bond donors (Lipinski definition) is 3. The van der Waals surface area contributed by atoms with E-state index in [0.717, 1.165) is 11.8 Å². The molecule has 220 valence electrons. The molecule has 4 rings (SSSR count). The highest BCUT2D eigenvalue weighted by Gasteiger charge is 2.21. The number of amides is 3. The second-order valence-corrected chi connectivity index (χ2v) is 9.86. The molecule has 0 fully saturated rings. The van der Waals surface area contributed by atoms with Crippen molar-refractivity contribution in [1.82, 2.24) is 5.32 Å². The van der Waals surface area contributed by atoms with E-state index in [2.05, 4.69) is 10.6 Å². The topological polar surface area (TPSA) is 96.5 Å². The van der Waals surface area contributed by atoms with Crippen molar-refractivity contribution in [1.29, 1.82) is 0 Å². The maximum atomic E-state index is 13.9. The highest BCUT2D eigenvalue weighted by Crippen LogP contribution is 2.26. The van der Waals surface area contributed by atoms with Crippen LogP contribution in [0.3, 0.4) is 0 Å². The summed E-state index contributed by atoms with van der Waals surface area (Å²) in [7, 11) is 1.52. The fourth-order valence-electron chi connectivity index (χ4n) is 3.68. The standard InChI is InChI=1S/C31H23F4N3O4S/c1-42-21-12-10-18(11-13-21)14-25(37-30(40)19-6-3-2-4-7-19)31(41)36-20-8-5-9-22(15-20)43-17-26(39)38-29-27(34)23(32)16-24(33)28(29)35/h2-16H,17H2,1H3,(H,36,41)(H,37,40)(H,38,39)/b25-14+. The van der Waals surface area contributed by atoms with E-state index >= 15 is 0 Å². The number of methoxy groups -OCH3 is 1. The van der Waals surface area contributed by atoms with Crippen molar-refractivity contribution in [2.75, 3.05) is 23.5 Å². The van der Waals surface area contributed by atoms with Gasteiger partial charge in [0.15, 0.2) is 23.3 Å². The molecule has 4 aromatic rings. The molecule has 4 aromatic carbocycles. The Morgan fingerprint density at radius 1 is 0.814 bits per heavy atom. The van der Waals surface area contributed by atoms with Gasteiger partial charge in [-0.3, -0.25) is 14.4 Å². The number of benzene rings is 4. The molecule has 0 spiro atoms. The summed E-state index contributed by atoms with van der Waals surface area (Å²) in [6.45, 7) is 0. The molecule has 0 heterocycles. The van der Waals surface area contributed by atoms with Gasteiger partial charge in [0.25, 0.3) is 11.8 Å². The predicted molar refractivity (Wildman–Crippen MR) is 156 cm³/mol. The van der Waals surface area contributed by atoms with E-state index in [1.54, 1.807) is 72.8 Å². The average Bonchev–Trinajstić information content (AvgIpc) is 3.01. The largest absolute Gasteiger partial charge is 0.497 e. The van der Waals surface area contributed by atoms with Crippen molar-refractivity contribution < 1.29 is 36.7 Å². The van der Waals surface area contributed by atoms with Crippen LogP contribution in [-0.2, 0) is 9.59 Å². The molecule has 43 heavy (non-hydrogen) atoms. The van der Waals surface area contributed by atoms with E-state index in [9.17, 15) is 31.9 Å². The molecular formula is C31H23F4N3O4S. The number of nitrogens with one attached hydrogen (secondary N) is 3. The maximum Gasteiger partial charge on any atom is 0.272 e. The summed E-state index contributed by atoms with van der Waals surface area (Å²) >= 11 is 0.940. The smallest absolute Gasteiger partial charge is 0.272 e. The molecule has 0 unspecified atom stereocenters. The Labute approximate surface area is 248 Å². The van der Waals surface area contributed by atoms with Gasteiger partial charge in [0.2, 0.25) is 5.91 Å². The molecule has 0 aliphatic carbocycles. The van der Waals surface area contributed by atoms with Gasteiger partial charge in [-0.1, -0.05) is 36.4 Å². The lowest BCUT2D eigenvalue weighted by atomic mass is 10.1. The summed E-state index contributed by atoms with van der Waals surface area (Å²) in [5, 5.41) is 7.16. The van der Waals surface area contributed by atoms with Gasteiger partial charge >= 0.3 is 0 Å². The second kappa shape index (κ2) is 14.2. The van der Waals surface area contributed by atoms with Gasteiger partial charge in [-0.05, 0) is 54.1 Å². The molecule has 0 atom stereocenters. The summed E-state index contributed by atoms with van der Waals surface area (Å²) in [5.74, 6) is -8.57. The number of halogens is 4. The molecule has 0 saturated carbocycles. The number of hydrogen-bond acceptors (Lipinski definition) is 5. The second-order valence-electron chi connectivity index (χ2n) is 8.81. The van der Waals surface area contributed by atoms with Crippen molar-refractivity contribution in [2.24, 2.45) is 0 Å². The van der Waals surface area contributed by atoms with Gasteiger partial charge in [0.1, 0.15) is 17.1 Å². The molecule has 3 N–H and O–H groups in total. The zero-order chi connectivity index (χ0) is 30.9. The van der Waals surface area contributed by atoms with E-state index in [0.29, 0.717) is 27.5 Å². The van der Waals surface area contributed by atoms with Crippen molar-refractivity contribution in [2.45, 2.75) is 4.90 Å². The molecule has 0 bridgehead atoms. The minimum Gasteiger partial charge on any atom is -0.497 e. The Morgan fingerprint density at radius 2 is 1.49 bits per heavy atom. The summed E-state index contributed by atoms with van der Waals surface area (Å²) in [5.41, 5.74) is -0.0102. The van der Waals surface area contributed by atoms with E-state index < -0.39 is 46.7 Å². The number of carbonyl (C=O) groups is 3. The molecule has 0 aliphatic rings. The molecule has 7 nitrogen and oxygen atoms in total. The van der Waals surface area contributed by atoms with Crippen LogP contribution >= 0.6 is 11.8 Å². The van der Waals surface area contributed by atoms with Crippen LogP contribution in [0.5, 0.6) is 5.75 Å². The maximum absolute atomic E-state index is 13.9. The summed E-state index contributed by atoms with van der Waals surface area (Å²) in [6.07, 6.45) is 1.49. The van der Waals surface area contributed by atoms with Crippen LogP contribution in [0.1, 0.15) is 15.9 Å². The lowest BCUT2D eigenvalue weighted by Gasteiger charge is -2.12. The van der Waals surface area contributed by atoms with Crippen molar-refractivity contribution in [3.8, 4) is 5.75 Å². The quantitative estimate of drug-likeness (QED) is 0.0838. The fourth-order valence-corrected chi connectivity index (χ4v) is 4.43. The summed E-state index contributed by atoms with van der Waals surface area (Å²) in [4.78, 5) is 38.9. The first-order valence-corrected chi connectivity index (χ1v) is 13.5. The number of thioether (sulfide) groups is 1. The summed E-state index contributed by atoms with van der Waals surface area (Å²) < 4.78 is 59.8. The van der Waals surface area contributed by atoms with Crippen molar-refractivity contribution in [3.05, 3.63) is 125 Å². The van der Waals surface area contributed by atoms with Crippen LogP contribution in [0, 0.1) is 23.3 Å². The first kappa shape index (κ1) is 30.8. The highest BCUT2D eigenvalue weighted by molar-refractivity contribution is 8.00. The van der Waals surface area contributed by atoms with Gasteiger partial charge in [-0.2, -0.15) is 0 Å². The van der Waals surface area contributed by atoms with E-state index in [1.165, 1.54) is 19.3 Å². The molecule has 3 amide bonds. The minimum atomic E-state index is -1.72. The Balaban J connectivity index is 1.47. The zero-order valence-corrected chi connectivity index (χ0v) is 23.2. The third kappa shape index (κ3) is 8.23. The lowest BCUT2D eigenvalue weighted by molar-refractivity contribution is -0.114. The molecular weight excluding hydrogens is 586 g/mol. The minimum absolute atomic E-state index is 0.0412. The van der Waals surface area contributed by atoms with Crippen molar-refractivity contribution in [3.63, 3.8) is 0 Å². The molecule has 0 saturated heterocycles. The van der Waals surface area contributed by atoms with E-state index in [1.807, 2.05) is 5.32 Å². The van der Waals surface area contributed by atoms with Crippen LogP contribution < -0.4 is 20.7 Å². The normalized spacial score (nSPS) is 11.0. The highest BCUT2D eigenvalue weighted by atomic mass is 32.2. The van der Waals surface area contributed by atoms with Gasteiger partial charge in [0.05, 0.1) is 12.9 Å². The molecule has 12 heteroatoms. The fraction of sp³-hybridized carbons (Fsp3) is 0.0645. The lowest BCUT2D eigenvalue weighted by Crippen LogP contribution is -2.30. The third-order valence-electron chi connectivity index (χ3n) is 5.79. The Morgan fingerprint density at radius 3 is 2.14 bits per heavy atom. The molecule has 0 aromatic heterocycles. The van der Waals surface area contributed by atoms with Gasteiger partial charge in [-0.25, -0.2) is 17.6 Å². The molecule has 0 radical (unpaired) electrons. The molecule has 0 aliphatic heterocycles. The number of rotatable bonds is 10. The van der Waals surface area contributed by atoms with Crippen LogP contribution in [0.2, 0.25) is 0 Å². The van der Waals surface area contributed by atoms with Crippen LogP contribution in [0.25, 0.3) is 6.08 Å². The monoisotopic (exact) mass is 609 g/mol. The Hall–Kier alpha value is -5.10. The van der Waals surface area contributed by atoms with E-state index in [-0.39, 0.29) is 17.5 Å². The van der Waals surface area contributed by atoms with Gasteiger partial charge in [-0.15, -0.1) is 11.8 Å². The SMILES string of the molecule is COc1ccc(/C=C(/NC(=O)c2ccccc2)C(=O)Nc2cccc(SCC(=O)Nc3c(F)c(F)cc(F)c3F)c2)cc1. The van der Waals surface area contributed by atoms with Crippen LogP contribution in [0.15, 0.2) is 95.5 Å². The predicted octanol–water partition coefficient (Wildman–Crippen LogP) is 6.39. The Bertz CT molecular complexity index is 1660. The average molecular weight is 610 g/mol. The number of anilines is 2. The Kier molecular flexibility index (Phi) is 10.2. The first-order valence-electron chi connectivity index (χ1n) is 12.5. The zero-order valence-electron chi connectivity index (χ0n) is 22.4. The van der Waals surface area contributed by atoms with Gasteiger partial charge in [0, 0.05) is 22.2 Å². The van der Waals surface area contributed by atoms with Gasteiger partial charge < -0.3 is 20.7 Å². The van der Waals surface area contributed by atoms with E-state index in [4.69, 9.17) is 4.74 Å². The van der Waals surface area contributed by atoms with Crippen LogP contribution in [-0.4, -0.2) is 30.6 Å². The number of carbonyl (C=O) groups excluding carboxylic acids is 3. The third-order valence-corrected chi connectivity index (χ3v) is 6.79. The van der Waals surface area contributed by atoms with Crippen LogP contribution in [0.4, 0.5) is 28.9 Å². The van der Waals surface area contributed by atoms with Crippen molar-refractivity contribution >= 4 is 46.9 Å². The first-order chi connectivity index (χ1) is 20.6.